The predicted octanol–water partition coefficient (Wildman–Crippen LogP) is 0.937. The van der Waals surface area contributed by atoms with Crippen LogP contribution in [0, 0.1) is 0 Å². The first-order chi connectivity index (χ1) is 12.1. The van der Waals surface area contributed by atoms with Crippen molar-refractivity contribution in [1.82, 2.24) is 7.08 Å². The number of hydrogen-bond donors (Lipinski definition) is 2. The monoisotopic (exact) mass is 446 g/mol. The van der Waals surface area contributed by atoms with Gasteiger partial charge in [-0.3, -0.25) is 0 Å². The van der Waals surface area contributed by atoms with Crippen LogP contribution in [0.15, 0.2) is 60.7 Å². The molecule has 0 aromatic heterocycles. The second-order valence-corrected chi connectivity index (χ2v) is 12.6. The molecule has 7 heteroatoms. The summed E-state index contributed by atoms with van der Waals surface area (Å²) in [4.78, 5) is 24.5. The molecular formula is C18H18N2O4Sn. The number of carbonyl (C=O) groups is 2. The van der Waals surface area contributed by atoms with Crippen LogP contribution >= 0.6 is 0 Å². The van der Waals surface area contributed by atoms with Crippen molar-refractivity contribution in [1.29, 1.82) is 0 Å². The van der Waals surface area contributed by atoms with E-state index in [9.17, 15) is 9.59 Å². The number of hydrogen-bond acceptors (Lipinski definition) is 6. The fraction of sp³-hybridized carbons (Fsp3) is 0.222. The van der Waals surface area contributed by atoms with E-state index in [1.807, 2.05) is 60.7 Å². The molecule has 0 bridgehead atoms. The normalized spacial score (nSPS) is 24.3. The van der Waals surface area contributed by atoms with Gasteiger partial charge in [-0.05, 0) is 0 Å². The SMILES string of the molecule is O=C1[O][Sn]2([NH][C@@H]1Cc1ccccc1)[NH][C@H](Cc1ccccc1)C(=O)[O]2. The van der Waals surface area contributed by atoms with Crippen LogP contribution < -0.4 is 7.08 Å². The molecule has 128 valence electrons. The van der Waals surface area contributed by atoms with Gasteiger partial charge in [0.1, 0.15) is 0 Å². The van der Waals surface area contributed by atoms with Crippen LogP contribution in [0.4, 0.5) is 0 Å². The molecule has 0 radical (unpaired) electrons. The Hall–Kier alpha value is -1.90. The van der Waals surface area contributed by atoms with Crippen LogP contribution in [-0.2, 0) is 28.6 Å². The first kappa shape index (κ1) is 16.6. The Morgan fingerprint density at radius 2 is 1.12 bits per heavy atom. The minimum absolute atomic E-state index is 0.347. The average Bonchev–Trinajstić information content (AvgIpc) is 3.07. The summed E-state index contributed by atoms with van der Waals surface area (Å²) in [5.74, 6) is -0.694. The fourth-order valence-electron chi connectivity index (χ4n) is 3.15. The summed E-state index contributed by atoms with van der Waals surface area (Å²) in [5.41, 5.74) is 2.07. The van der Waals surface area contributed by atoms with Crippen LogP contribution in [0.25, 0.3) is 0 Å². The molecule has 0 aliphatic carbocycles. The zero-order valence-corrected chi connectivity index (χ0v) is 16.3. The first-order valence-electron chi connectivity index (χ1n) is 8.22. The Morgan fingerprint density at radius 1 is 0.720 bits per heavy atom. The zero-order valence-electron chi connectivity index (χ0n) is 13.5. The van der Waals surface area contributed by atoms with Gasteiger partial charge in [-0.1, -0.05) is 0 Å². The summed E-state index contributed by atoms with van der Waals surface area (Å²) in [6.45, 7) is 0. The molecule has 6 nitrogen and oxygen atoms in total. The summed E-state index contributed by atoms with van der Waals surface area (Å²) in [5, 5.41) is 0. The van der Waals surface area contributed by atoms with E-state index in [0.717, 1.165) is 11.1 Å². The number of rotatable bonds is 4. The van der Waals surface area contributed by atoms with E-state index in [0.29, 0.717) is 12.8 Å². The van der Waals surface area contributed by atoms with Crippen LogP contribution in [0.3, 0.4) is 0 Å². The van der Waals surface area contributed by atoms with Gasteiger partial charge in [0.25, 0.3) is 0 Å². The van der Waals surface area contributed by atoms with Crippen molar-refractivity contribution in [2.24, 2.45) is 0 Å². The van der Waals surface area contributed by atoms with Crippen LogP contribution in [0.2, 0.25) is 0 Å². The van der Waals surface area contributed by atoms with Crippen molar-refractivity contribution in [2.45, 2.75) is 24.9 Å². The van der Waals surface area contributed by atoms with Crippen LogP contribution in [0.5, 0.6) is 0 Å². The van der Waals surface area contributed by atoms with Gasteiger partial charge in [-0.15, -0.1) is 0 Å². The molecule has 0 amide bonds. The quantitative estimate of drug-likeness (QED) is 0.683. The van der Waals surface area contributed by atoms with E-state index in [4.69, 9.17) is 6.15 Å². The van der Waals surface area contributed by atoms with Gasteiger partial charge >= 0.3 is 151 Å². The van der Waals surface area contributed by atoms with E-state index < -0.39 is 31.8 Å². The van der Waals surface area contributed by atoms with Gasteiger partial charge in [0, 0.05) is 0 Å². The third-order valence-electron chi connectivity index (χ3n) is 4.35. The van der Waals surface area contributed by atoms with Crippen molar-refractivity contribution >= 4 is 31.7 Å². The molecule has 2 N–H and O–H groups in total. The maximum atomic E-state index is 12.2. The van der Waals surface area contributed by atoms with Crippen molar-refractivity contribution in [3.63, 3.8) is 0 Å². The van der Waals surface area contributed by atoms with Gasteiger partial charge in [0.05, 0.1) is 0 Å². The number of benzene rings is 2. The van der Waals surface area contributed by atoms with Crippen molar-refractivity contribution in [3.05, 3.63) is 71.8 Å². The number of carbonyl (C=O) groups excluding carboxylic acids is 2. The molecule has 2 fully saturated rings. The Bertz CT molecular complexity index is 717. The van der Waals surface area contributed by atoms with Gasteiger partial charge in [0.15, 0.2) is 0 Å². The molecule has 2 aliphatic heterocycles. The second-order valence-electron chi connectivity index (χ2n) is 6.23. The summed E-state index contributed by atoms with van der Waals surface area (Å²) in [7, 11) is 0. The summed E-state index contributed by atoms with van der Waals surface area (Å²) < 4.78 is 17.5. The maximum absolute atomic E-state index is 12.2. The van der Waals surface area contributed by atoms with Crippen LogP contribution in [-0.4, -0.2) is 43.8 Å². The predicted molar refractivity (Wildman–Crippen MR) is 92.1 cm³/mol. The molecule has 2 saturated heterocycles. The van der Waals surface area contributed by atoms with E-state index in [1.54, 1.807) is 0 Å². The second kappa shape index (κ2) is 6.78. The first-order valence-corrected chi connectivity index (χ1v) is 13.4. The Balaban J connectivity index is 1.44. The van der Waals surface area contributed by atoms with Gasteiger partial charge in [0.2, 0.25) is 0 Å². The summed E-state index contributed by atoms with van der Waals surface area (Å²) in [6.07, 6.45) is 1.03. The average molecular weight is 445 g/mol. The Kier molecular flexibility index (Phi) is 4.49. The number of nitrogens with one attached hydrogen (secondary N) is 2. The topological polar surface area (TPSA) is 76.7 Å². The van der Waals surface area contributed by atoms with Gasteiger partial charge < -0.3 is 0 Å². The van der Waals surface area contributed by atoms with E-state index in [1.165, 1.54) is 0 Å². The van der Waals surface area contributed by atoms with E-state index in [2.05, 4.69) is 7.08 Å². The molecule has 0 saturated carbocycles. The van der Waals surface area contributed by atoms with E-state index >= 15 is 0 Å². The molecular weight excluding hydrogens is 427 g/mol. The van der Waals surface area contributed by atoms with Gasteiger partial charge in [-0.2, -0.15) is 0 Å². The molecule has 25 heavy (non-hydrogen) atoms. The minimum atomic E-state index is -4.08. The van der Waals surface area contributed by atoms with Gasteiger partial charge in [-0.25, -0.2) is 0 Å². The standard InChI is InChI=1S/2C9H10NO2.Sn/c2*10-8(9(11)12)6-7-4-2-1-3-5-7;/h2*1-5,8,10H,6H2,(H,11,12);/q2*-1;+4/p-2/t2*8-;/m11./s1. The zero-order chi connectivity index (χ0) is 17.3. The third-order valence-corrected chi connectivity index (χ3v) is 11.3. The van der Waals surface area contributed by atoms with Crippen molar-refractivity contribution < 1.29 is 15.7 Å². The van der Waals surface area contributed by atoms with Crippen LogP contribution in [0.1, 0.15) is 11.1 Å². The molecule has 2 aliphatic rings. The summed E-state index contributed by atoms with van der Waals surface area (Å²) >= 11 is -4.08. The van der Waals surface area contributed by atoms with Crippen molar-refractivity contribution in [2.75, 3.05) is 0 Å². The molecule has 0 unspecified atom stereocenters. The molecule has 2 atom stereocenters. The molecule has 2 aromatic rings. The molecule has 1 spiro atoms. The fourth-order valence-corrected chi connectivity index (χ4v) is 10.5. The third kappa shape index (κ3) is 3.56. The van der Waals surface area contributed by atoms with E-state index in [-0.39, 0.29) is 11.9 Å². The Labute approximate surface area is 151 Å². The molecule has 4 rings (SSSR count). The Morgan fingerprint density at radius 3 is 1.52 bits per heavy atom. The molecule has 2 aromatic carbocycles. The van der Waals surface area contributed by atoms with Crippen molar-refractivity contribution in [3.8, 4) is 0 Å². The summed E-state index contributed by atoms with van der Waals surface area (Å²) in [6, 6.07) is 18.5. The molecule has 2 heterocycles.